The summed E-state index contributed by atoms with van der Waals surface area (Å²) in [5.41, 5.74) is 8.50. The molecule has 0 unspecified atom stereocenters. The Balaban J connectivity index is 1.90. The Morgan fingerprint density at radius 3 is 2.69 bits per heavy atom. The molecule has 0 radical (unpaired) electrons. The van der Waals surface area contributed by atoms with Gasteiger partial charge in [-0.25, -0.2) is 0 Å². The smallest absolute Gasteiger partial charge is 0.0547 e. The molecular formula is C13H21N3. The van der Waals surface area contributed by atoms with E-state index in [1.165, 1.54) is 0 Å². The second-order valence-corrected chi connectivity index (χ2v) is 5.30. The molecule has 1 fully saturated rings. The third kappa shape index (κ3) is 2.25. The van der Waals surface area contributed by atoms with Crippen molar-refractivity contribution in [1.82, 2.24) is 9.88 Å². The van der Waals surface area contributed by atoms with Gasteiger partial charge in [0.05, 0.1) is 5.69 Å². The second-order valence-electron chi connectivity index (χ2n) is 5.30. The summed E-state index contributed by atoms with van der Waals surface area (Å²) in [5.74, 6) is 0.550. The van der Waals surface area contributed by atoms with Crippen LogP contribution in [-0.4, -0.2) is 28.5 Å². The minimum Gasteiger partial charge on any atom is -0.323 e. The van der Waals surface area contributed by atoms with Crippen molar-refractivity contribution in [2.75, 3.05) is 13.1 Å². The summed E-state index contributed by atoms with van der Waals surface area (Å²) in [6, 6.07) is 6.18. The lowest BCUT2D eigenvalue weighted by molar-refractivity contribution is 0.0304. The summed E-state index contributed by atoms with van der Waals surface area (Å²) >= 11 is 0. The highest BCUT2D eigenvalue weighted by molar-refractivity contribution is 5.12. The van der Waals surface area contributed by atoms with Gasteiger partial charge in [-0.05, 0) is 25.0 Å². The topological polar surface area (TPSA) is 42.1 Å². The van der Waals surface area contributed by atoms with Crippen molar-refractivity contribution < 1.29 is 0 Å². The van der Waals surface area contributed by atoms with Crippen molar-refractivity contribution in [3.05, 3.63) is 29.6 Å². The van der Waals surface area contributed by atoms with E-state index in [2.05, 4.69) is 35.9 Å². The fraction of sp³-hybridized carbons (Fsp3) is 0.615. The van der Waals surface area contributed by atoms with Crippen molar-refractivity contribution in [3.8, 4) is 0 Å². The average molecular weight is 219 g/mol. The molecule has 0 spiro atoms. The zero-order valence-corrected chi connectivity index (χ0v) is 10.4. The molecule has 1 aromatic rings. The third-order valence-electron chi connectivity index (χ3n) is 3.52. The maximum absolute atomic E-state index is 6.26. The molecular weight excluding hydrogens is 198 g/mol. The quantitative estimate of drug-likeness (QED) is 0.839. The van der Waals surface area contributed by atoms with Crippen LogP contribution in [-0.2, 0) is 6.54 Å². The Morgan fingerprint density at radius 1 is 1.44 bits per heavy atom. The van der Waals surface area contributed by atoms with E-state index in [0.717, 1.165) is 31.0 Å². The van der Waals surface area contributed by atoms with E-state index in [-0.39, 0.29) is 5.54 Å². The molecule has 0 aromatic carbocycles. The summed E-state index contributed by atoms with van der Waals surface area (Å²) in [6.07, 6.45) is 0. The minimum absolute atomic E-state index is 0.0177. The zero-order chi connectivity index (χ0) is 11.8. The van der Waals surface area contributed by atoms with Gasteiger partial charge in [0.1, 0.15) is 0 Å². The molecule has 88 valence electrons. The monoisotopic (exact) mass is 219 g/mol. The molecule has 1 aromatic heterocycles. The number of pyridine rings is 1. The highest BCUT2D eigenvalue weighted by Crippen LogP contribution is 2.27. The highest BCUT2D eigenvalue weighted by atomic mass is 15.3. The molecule has 1 saturated heterocycles. The maximum atomic E-state index is 6.26. The fourth-order valence-electron chi connectivity index (χ4n) is 2.18. The molecule has 0 amide bonds. The predicted molar refractivity (Wildman–Crippen MR) is 66.0 cm³/mol. The van der Waals surface area contributed by atoms with Gasteiger partial charge in [0, 0.05) is 30.9 Å². The lowest BCUT2D eigenvalue weighted by atomic mass is 9.80. The van der Waals surface area contributed by atoms with Gasteiger partial charge in [-0.15, -0.1) is 0 Å². The van der Waals surface area contributed by atoms with E-state index in [4.69, 9.17) is 5.73 Å². The molecule has 2 rings (SSSR count). The molecule has 1 aliphatic heterocycles. The molecule has 0 saturated carbocycles. The number of hydrogen-bond donors (Lipinski definition) is 1. The van der Waals surface area contributed by atoms with Crippen LogP contribution >= 0.6 is 0 Å². The van der Waals surface area contributed by atoms with Crippen LogP contribution in [0.5, 0.6) is 0 Å². The third-order valence-corrected chi connectivity index (χ3v) is 3.52. The Morgan fingerprint density at radius 2 is 2.12 bits per heavy atom. The number of rotatable bonds is 3. The normalized spacial score (nSPS) is 19.8. The van der Waals surface area contributed by atoms with Gasteiger partial charge in [-0.3, -0.25) is 9.88 Å². The Kier molecular flexibility index (Phi) is 3.00. The van der Waals surface area contributed by atoms with Crippen LogP contribution in [0.15, 0.2) is 18.2 Å². The van der Waals surface area contributed by atoms with Gasteiger partial charge >= 0.3 is 0 Å². The van der Waals surface area contributed by atoms with Gasteiger partial charge in [-0.2, -0.15) is 0 Å². The second kappa shape index (κ2) is 4.15. The molecule has 3 heteroatoms. The standard InChI is InChI=1S/C13H21N3/c1-10(2)13(14)8-16(9-13)7-12-6-4-5-11(3)15-12/h4-6,10H,7-9,14H2,1-3H3. The number of nitrogens with zero attached hydrogens (tertiary/aromatic N) is 2. The molecule has 0 bridgehead atoms. The van der Waals surface area contributed by atoms with Crippen molar-refractivity contribution in [3.63, 3.8) is 0 Å². The highest BCUT2D eigenvalue weighted by Gasteiger charge is 2.41. The predicted octanol–water partition coefficient (Wildman–Crippen LogP) is 1.56. The maximum Gasteiger partial charge on any atom is 0.0547 e. The summed E-state index contributed by atoms with van der Waals surface area (Å²) < 4.78 is 0. The lowest BCUT2D eigenvalue weighted by Crippen LogP contribution is -2.69. The van der Waals surface area contributed by atoms with Gasteiger partial charge < -0.3 is 5.73 Å². The summed E-state index contributed by atoms with van der Waals surface area (Å²) in [7, 11) is 0. The lowest BCUT2D eigenvalue weighted by Gasteiger charge is -2.50. The average Bonchev–Trinajstić information content (AvgIpc) is 2.14. The molecule has 16 heavy (non-hydrogen) atoms. The molecule has 2 N–H and O–H groups in total. The van der Waals surface area contributed by atoms with Gasteiger partial charge in [0.25, 0.3) is 0 Å². The van der Waals surface area contributed by atoms with Gasteiger partial charge in [0.15, 0.2) is 0 Å². The minimum atomic E-state index is 0.0177. The largest absolute Gasteiger partial charge is 0.323 e. The molecule has 0 atom stereocenters. The van der Waals surface area contributed by atoms with Crippen LogP contribution in [0, 0.1) is 12.8 Å². The van der Waals surface area contributed by atoms with Crippen LogP contribution < -0.4 is 5.73 Å². The number of likely N-dealkylation sites (tertiary alicyclic amines) is 1. The van der Waals surface area contributed by atoms with Crippen molar-refractivity contribution in [2.24, 2.45) is 11.7 Å². The van der Waals surface area contributed by atoms with Crippen molar-refractivity contribution in [1.29, 1.82) is 0 Å². The Bertz CT molecular complexity index is 367. The van der Waals surface area contributed by atoms with Crippen LogP contribution in [0.3, 0.4) is 0 Å². The van der Waals surface area contributed by atoms with Gasteiger partial charge in [-0.1, -0.05) is 19.9 Å². The first-order valence-corrected chi connectivity index (χ1v) is 5.93. The van der Waals surface area contributed by atoms with Crippen LogP contribution in [0.2, 0.25) is 0 Å². The summed E-state index contributed by atoms with van der Waals surface area (Å²) in [6.45, 7) is 9.32. The van der Waals surface area contributed by atoms with Crippen LogP contribution in [0.1, 0.15) is 25.2 Å². The van der Waals surface area contributed by atoms with Gasteiger partial charge in [0.2, 0.25) is 0 Å². The van der Waals surface area contributed by atoms with E-state index < -0.39 is 0 Å². The zero-order valence-electron chi connectivity index (χ0n) is 10.4. The van der Waals surface area contributed by atoms with Crippen LogP contribution in [0.4, 0.5) is 0 Å². The van der Waals surface area contributed by atoms with Crippen LogP contribution in [0.25, 0.3) is 0 Å². The first kappa shape index (κ1) is 11.6. The fourth-order valence-corrected chi connectivity index (χ4v) is 2.18. The summed E-state index contributed by atoms with van der Waals surface area (Å²) in [5, 5.41) is 0. The SMILES string of the molecule is Cc1cccc(CN2CC(N)(C(C)C)C2)n1. The molecule has 3 nitrogen and oxygen atoms in total. The summed E-state index contributed by atoms with van der Waals surface area (Å²) in [4.78, 5) is 6.87. The van der Waals surface area contributed by atoms with E-state index in [1.807, 2.05) is 13.0 Å². The van der Waals surface area contributed by atoms with Crippen molar-refractivity contribution in [2.45, 2.75) is 32.9 Å². The first-order valence-electron chi connectivity index (χ1n) is 5.93. The van der Waals surface area contributed by atoms with Crippen molar-refractivity contribution >= 4 is 0 Å². The number of aryl methyl sites for hydroxylation is 1. The number of hydrogen-bond acceptors (Lipinski definition) is 3. The number of nitrogens with two attached hydrogens (primary N) is 1. The molecule has 0 aliphatic carbocycles. The molecule has 2 heterocycles. The van der Waals surface area contributed by atoms with E-state index in [0.29, 0.717) is 5.92 Å². The molecule has 1 aliphatic rings. The Labute approximate surface area is 97.7 Å². The number of aromatic nitrogens is 1. The van der Waals surface area contributed by atoms with E-state index >= 15 is 0 Å². The van der Waals surface area contributed by atoms with E-state index in [9.17, 15) is 0 Å². The first-order chi connectivity index (χ1) is 7.49. The Hall–Kier alpha value is -0.930. The van der Waals surface area contributed by atoms with E-state index in [1.54, 1.807) is 0 Å².